The number of halogens is 5. The van der Waals surface area contributed by atoms with Gasteiger partial charge in [-0.2, -0.15) is 18.3 Å². The summed E-state index contributed by atoms with van der Waals surface area (Å²) >= 11 is 11.7. The number of amides is 1. The molecule has 5 nitrogen and oxygen atoms in total. The zero-order chi connectivity index (χ0) is 19.6. The van der Waals surface area contributed by atoms with Crippen LogP contribution in [0.3, 0.4) is 0 Å². The molecule has 3 rings (SSSR count). The topological polar surface area (TPSA) is 67.2 Å². The molecule has 0 fully saturated rings. The van der Waals surface area contributed by atoms with Gasteiger partial charge in [0.2, 0.25) is 0 Å². The quantitative estimate of drug-likeness (QED) is 0.499. The summed E-state index contributed by atoms with van der Waals surface area (Å²) in [5.41, 5.74) is 0.335. The highest BCUT2D eigenvalue weighted by Crippen LogP contribution is 2.31. The molecule has 0 aliphatic rings. The summed E-state index contributed by atoms with van der Waals surface area (Å²) < 4.78 is 39.8. The van der Waals surface area contributed by atoms with Gasteiger partial charge in [-0.3, -0.25) is 4.79 Å². The number of nitrogens with one attached hydrogen (secondary N) is 1. The van der Waals surface area contributed by atoms with Crippen molar-refractivity contribution in [2.45, 2.75) is 6.18 Å². The Kier molecular flexibility index (Phi) is 5.29. The number of hydrogen-bond acceptors (Lipinski definition) is 4. The fourth-order valence-electron chi connectivity index (χ4n) is 2.18. The Hall–Kier alpha value is -2.71. The molecule has 0 unspecified atom stereocenters. The Bertz CT molecular complexity index is 1050. The van der Waals surface area contributed by atoms with Crippen molar-refractivity contribution in [3.05, 3.63) is 69.5 Å². The number of aromatic nitrogens is 2. The Morgan fingerprint density at radius 2 is 1.74 bits per heavy atom. The average Bonchev–Trinajstić information content (AvgIpc) is 2.61. The van der Waals surface area contributed by atoms with Crippen molar-refractivity contribution in [2.75, 3.05) is 0 Å². The van der Waals surface area contributed by atoms with Crippen LogP contribution in [0.4, 0.5) is 13.2 Å². The number of fused-ring (bicyclic) bond motifs is 1. The van der Waals surface area contributed by atoms with E-state index in [1.807, 2.05) is 5.43 Å². The number of alkyl halides is 3. The highest BCUT2D eigenvalue weighted by Gasteiger charge is 2.38. The predicted molar refractivity (Wildman–Crippen MR) is 96.1 cm³/mol. The third-order valence-corrected chi connectivity index (χ3v) is 3.95. The van der Waals surface area contributed by atoms with E-state index in [0.29, 0.717) is 10.6 Å². The molecule has 10 heteroatoms. The van der Waals surface area contributed by atoms with Gasteiger partial charge in [-0.15, -0.1) is 0 Å². The number of para-hydroxylation sites is 2. The summed E-state index contributed by atoms with van der Waals surface area (Å²) in [6.07, 6.45) is -3.68. The van der Waals surface area contributed by atoms with Gasteiger partial charge in [-0.05, 0) is 24.3 Å². The fourth-order valence-corrected chi connectivity index (χ4v) is 2.63. The van der Waals surface area contributed by atoms with E-state index in [2.05, 4.69) is 15.1 Å². The molecule has 1 heterocycles. The molecule has 0 radical (unpaired) electrons. The highest BCUT2D eigenvalue weighted by atomic mass is 35.5. The molecule has 0 bridgehead atoms. The summed E-state index contributed by atoms with van der Waals surface area (Å²) in [4.78, 5) is 19.5. The lowest BCUT2D eigenvalue weighted by Gasteiger charge is -2.11. The first-order valence-corrected chi connectivity index (χ1v) is 8.14. The van der Waals surface area contributed by atoms with E-state index in [4.69, 9.17) is 23.2 Å². The van der Waals surface area contributed by atoms with Crippen molar-refractivity contribution in [1.29, 1.82) is 0 Å². The Morgan fingerprint density at radius 1 is 1.07 bits per heavy atom. The van der Waals surface area contributed by atoms with Gasteiger partial charge < -0.3 is 0 Å². The maximum Gasteiger partial charge on any atom is 0.435 e. The third-order valence-electron chi connectivity index (χ3n) is 3.39. The van der Waals surface area contributed by atoms with Crippen LogP contribution in [0.15, 0.2) is 47.6 Å². The molecule has 0 atom stereocenters. The maximum atomic E-state index is 13.3. The second-order valence-electron chi connectivity index (χ2n) is 5.27. The van der Waals surface area contributed by atoms with Crippen LogP contribution >= 0.6 is 23.2 Å². The molecule has 0 aliphatic heterocycles. The number of rotatable bonds is 3. The standard InChI is InChI=1S/C17H9Cl2F3N4O/c18-10-6-5-9(11(19)7-10)8-23-26-16(27)14-15(17(20,21)22)25-13-4-2-1-3-12(13)24-14/h1-8H,(H,26,27). The van der Waals surface area contributed by atoms with Gasteiger partial charge in [-0.25, -0.2) is 15.4 Å². The molecule has 2 aromatic carbocycles. The first-order chi connectivity index (χ1) is 12.8. The predicted octanol–water partition coefficient (Wildman–Crippen LogP) is 4.72. The van der Waals surface area contributed by atoms with Crippen LogP contribution in [0.5, 0.6) is 0 Å². The minimum absolute atomic E-state index is 0.0258. The van der Waals surface area contributed by atoms with Gasteiger partial charge in [-0.1, -0.05) is 41.4 Å². The van der Waals surface area contributed by atoms with Gasteiger partial charge >= 0.3 is 6.18 Å². The number of hydrazone groups is 1. The largest absolute Gasteiger partial charge is 0.435 e. The van der Waals surface area contributed by atoms with Crippen molar-refractivity contribution in [1.82, 2.24) is 15.4 Å². The van der Waals surface area contributed by atoms with Crippen LogP contribution < -0.4 is 5.43 Å². The highest BCUT2D eigenvalue weighted by molar-refractivity contribution is 6.36. The van der Waals surface area contributed by atoms with Crippen molar-refractivity contribution in [2.24, 2.45) is 5.10 Å². The van der Waals surface area contributed by atoms with Crippen molar-refractivity contribution in [3.8, 4) is 0 Å². The zero-order valence-electron chi connectivity index (χ0n) is 13.3. The van der Waals surface area contributed by atoms with E-state index >= 15 is 0 Å². The van der Waals surface area contributed by atoms with Crippen LogP contribution in [0, 0.1) is 0 Å². The molecule has 3 aromatic rings. The van der Waals surface area contributed by atoms with E-state index < -0.39 is 23.5 Å². The molecule has 27 heavy (non-hydrogen) atoms. The van der Waals surface area contributed by atoms with E-state index in [1.165, 1.54) is 36.5 Å². The number of hydrogen-bond donors (Lipinski definition) is 1. The monoisotopic (exact) mass is 412 g/mol. The number of benzene rings is 2. The zero-order valence-corrected chi connectivity index (χ0v) is 14.8. The summed E-state index contributed by atoms with van der Waals surface area (Å²) in [5, 5.41) is 4.30. The van der Waals surface area contributed by atoms with Crippen LogP contribution in [-0.2, 0) is 6.18 Å². The fraction of sp³-hybridized carbons (Fsp3) is 0.0588. The summed E-state index contributed by atoms with van der Waals surface area (Å²) in [6, 6.07) is 10.5. The Balaban J connectivity index is 1.91. The molecule has 1 aromatic heterocycles. The molecule has 1 N–H and O–H groups in total. The lowest BCUT2D eigenvalue weighted by Crippen LogP contribution is -2.25. The molecular weight excluding hydrogens is 404 g/mol. The van der Waals surface area contributed by atoms with E-state index in [9.17, 15) is 18.0 Å². The van der Waals surface area contributed by atoms with Gasteiger partial charge in [0.05, 0.1) is 22.3 Å². The molecular formula is C17H9Cl2F3N4O. The molecule has 0 spiro atoms. The van der Waals surface area contributed by atoms with Crippen LogP contribution in [0.1, 0.15) is 21.7 Å². The minimum Gasteiger partial charge on any atom is -0.265 e. The third kappa shape index (κ3) is 4.35. The van der Waals surface area contributed by atoms with Gasteiger partial charge in [0.15, 0.2) is 11.4 Å². The molecule has 0 saturated heterocycles. The number of carbonyl (C=O) groups excluding carboxylic acids is 1. The average molecular weight is 413 g/mol. The van der Waals surface area contributed by atoms with Gasteiger partial charge in [0.1, 0.15) is 0 Å². The maximum absolute atomic E-state index is 13.3. The van der Waals surface area contributed by atoms with Crippen LogP contribution in [0.25, 0.3) is 11.0 Å². The van der Waals surface area contributed by atoms with E-state index in [0.717, 1.165) is 0 Å². The molecule has 0 saturated carbocycles. The van der Waals surface area contributed by atoms with E-state index in [-0.39, 0.29) is 16.1 Å². The Labute approximate surface area is 160 Å². The minimum atomic E-state index is -4.85. The Morgan fingerprint density at radius 3 is 2.37 bits per heavy atom. The lowest BCUT2D eigenvalue weighted by molar-refractivity contribution is -0.141. The van der Waals surface area contributed by atoms with Crippen molar-refractivity contribution >= 4 is 46.4 Å². The van der Waals surface area contributed by atoms with Crippen molar-refractivity contribution < 1.29 is 18.0 Å². The SMILES string of the molecule is O=C(NN=Cc1ccc(Cl)cc1Cl)c1nc2ccccc2nc1C(F)(F)F. The normalized spacial score (nSPS) is 11.9. The van der Waals surface area contributed by atoms with Crippen LogP contribution in [-0.4, -0.2) is 22.1 Å². The van der Waals surface area contributed by atoms with Crippen LogP contribution in [0.2, 0.25) is 10.0 Å². The van der Waals surface area contributed by atoms with Gasteiger partial charge in [0, 0.05) is 10.6 Å². The second kappa shape index (κ2) is 7.50. The second-order valence-corrected chi connectivity index (χ2v) is 6.12. The summed E-state index contributed by atoms with van der Waals surface area (Å²) in [5.74, 6) is -1.15. The van der Waals surface area contributed by atoms with Crippen molar-refractivity contribution in [3.63, 3.8) is 0 Å². The number of carbonyl (C=O) groups is 1. The molecule has 1 amide bonds. The lowest BCUT2D eigenvalue weighted by atomic mass is 10.2. The molecule has 0 aliphatic carbocycles. The summed E-state index contributed by atoms with van der Waals surface area (Å²) in [7, 11) is 0. The number of nitrogens with zero attached hydrogens (tertiary/aromatic N) is 3. The first kappa shape index (κ1) is 19.1. The molecule has 138 valence electrons. The smallest absolute Gasteiger partial charge is 0.265 e. The summed E-state index contributed by atoms with van der Waals surface area (Å²) in [6.45, 7) is 0. The van der Waals surface area contributed by atoms with Gasteiger partial charge in [0.25, 0.3) is 5.91 Å². The first-order valence-electron chi connectivity index (χ1n) is 7.38. The van der Waals surface area contributed by atoms with E-state index in [1.54, 1.807) is 12.1 Å².